The molecule has 1 aliphatic rings. The zero-order chi connectivity index (χ0) is 7.56. The number of likely N-dealkylation sites (N-methyl/N-ethyl adjacent to an activating group) is 1. The highest BCUT2D eigenvalue weighted by atomic mass is 35.5. The molecule has 0 saturated carbocycles. The number of nitrogens with zero attached hydrogens (tertiary/aromatic N) is 1. The van der Waals surface area contributed by atoms with Gasteiger partial charge < -0.3 is 15.3 Å². The van der Waals surface area contributed by atoms with Gasteiger partial charge in [-0.2, -0.15) is 0 Å². The third-order valence-corrected chi connectivity index (χ3v) is 2.08. The van der Waals surface area contributed by atoms with Crippen molar-refractivity contribution in [2.45, 2.75) is 18.6 Å². The lowest BCUT2D eigenvalue weighted by Crippen LogP contribution is -2.50. The highest BCUT2D eigenvalue weighted by molar-refractivity contribution is 5.85. The van der Waals surface area contributed by atoms with E-state index < -0.39 is 0 Å². The molecule has 2 N–H and O–H groups in total. The third kappa shape index (κ3) is 3.92. The normalized spacial score (nSPS) is 29.0. The summed E-state index contributed by atoms with van der Waals surface area (Å²) in [5.74, 6) is 0. The molecule has 0 radical (unpaired) electrons. The lowest BCUT2D eigenvalue weighted by atomic mass is 10.0. The van der Waals surface area contributed by atoms with Gasteiger partial charge in [-0.3, -0.25) is 0 Å². The Balaban J connectivity index is 0. The van der Waals surface area contributed by atoms with Crippen LogP contribution in [0.15, 0.2) is 0 Å². The number of aliphatic hydroxyl groups is 1. The van der Waals surface area contributed by atoms with Gasteiger partial charge in [-0.25, -0.2) is 0 Å². The molecule has 2 atom stereocenters. The summed E-state index contributed by atoms with van der Waals surface area (Å²) in [5.41, 5.74) is 0. The molecule has 0 bridgehead atoms. The van der Waals surface area contributed by atoms with Crippen molar-refractivity contribution in [1.82, 2.24) is 10.2 Å². The molecule has 1 rings (SSSR count). The van der Waals surface area contributed by atoms with E-state index in [0.717, 1.165) is 19.5 Å². The van der Waals surface area contributed by atoms with Crippen LogP contribution in [0.1, 0.15) is 6.42 Å². The largest absolute Gasteiger partial charge is 0.390 e. The Morgan fingerprint density at radius 2 is 1.92 bits per heavy atom. The quantitative estimate of drug-likeness (QED) is 0.654. The van der Waals surface area contributed by atoms with Gasteiger partial charge in [-0.1, -0.05) is 0 Å². The fourth-order valence-corrected chi connectivity index (χ4v) is 1.43. The number of rotatable bonds is 1. The monoisotopic (exact) mass is 216 g/mol. The van der Waals surface area contributed by atoms with Crippen molar-refractivity contribution in [2.24, 2.45) is 0 Å². The fraction of sp³-hybridized carbons (Fsp3) is 1.00. The second-order valence-corrected chi connectivity index (χ2v) is 3.09. The van der Waals surface area contributed by atoms with Crippen molar-refractivity contribution in [3.8, 4) is 0 Å². The smallest absolute Gasteiger partial charge is 0.0819 e. The first-order valence-electron chi connectivity index (χ1n) is 3.77. The van der Waals surface area contributed by atoms with Crippen LogP contribution >= 0.6 is 24.8 Å². The zero-order valence-corrected chi connectivity index (χ0v) is 9.12. The highest BCUT2D eigenvalue weighted by Crippen LogP contribution is 2.07. The second-order valence-electron chi connectivity index (χ2n) is 3.09. The minimum atomic E-state index is -0.191. The Labute approximate surface area is 86.3 Å². The molecule has 0 aromatic heterocycles. The van der Waals surface area contributed by atoms with Crippen LogP contribution < -0.4 is 5.32 Å². The van der Waals surface area contributed by atoms with Crippen LogP contribution in [0.2, 0.25) is 0 Å². The highest BCUT2D eigenvalue weighted by Gasteiger charge is 2.23. The van der Waals surface area contributed by atoms with Gasteiger partial charge in [-0.05, 0) is 27.1 Å². The van der Waals surface area contributed by atoms with E-state index >= 15 is 0 Å². The van der Waals surface area contributed by atoms with Crippen LogP contribution in [-0.4, -0.2) is 49.3 Å². The van der Waals surface area contributed by atoms with E-state index in [2.05, 4.69) is 10.2 Å². The Morgan fingerprint density at radius 3 is 2.25 bits per heavy atom. The molecule has 0 amide bonds. The minimum absolute atomic E-state index is 0. The molecule has 1 fully saturated rings. The van der Waals surface area contributed by atoms with Crippen LogP contribution in [0, 0.1) is 0 Å². The van der Waals surface area contributed by atoms with Crippen molar-refractivity contribution >= 4 is 24.8 Å². The SMILES string of the molecule is CN(C)C1CCNCC1O.Cl.Cl. The van der Waals surface area contributed by atoms with Crippen LogP contribution in [0.3, 0.4) is 0 Å². The molecule has 0 aromatic rings. The van der Waals surface area contributed by atoms with Crippen molar-refractivity contribution in [3.63, 3.8) is 0 Å². The third-order valence-electron chi connectivity index (χ3n) is 2.08. The molecular weight excluding hydrogens is 199 g/mol. The lowest BCUT2D eigenvalue weighted by molar-refractivity contribution is 0.0539. The topological polar surface area (TPSA) is 35.5 Å². The summed E-state index contributed by atoms with van der Waals surface area (Å²) < 4.78 is 0. The molecule has 76 valence electrons. The van der Waals surface area contributed by atoms with Crippen molar-refractivity contribution in [1.29, 1.82) is 0 Å². The number of hydrogen-bond acceptors (Lipinski definition) is 3. The number of nitrogens with one attached hydrogen (secondary N) is 1. The summed E-state index contributed by atoms with van der Waals surface area (Å²) in [6, 6.07) is 0.348. The predicted molar refractivity (Wildman–Crippen MR) is 55.5 cm³/mol. The van der Waals surface area contributed by atoms with E-state index in [4.69, 9.17) is 0 Å². The number of β-amino-alcohol motifs (C(OH)–C–C–N with tert-alkyl or cyclic N) is 1. The van der Waals surface area contributed by atoms with Gasteiger partial charge in [0, 0.05) is 12.6 Å². The first-order valence-corrected chi connectivity index (χ1v) is 3.77. The van der Waals surface area contributed by atoms with Crippen LogP contribution in [0.5, 0.6) is 0 Å². The summed E-state index contributed by atoms with van der Waals surface area (Å²) in [4.78, 5) is 2.09. The Morgan fingerprint density at radius 1 is 1.33 bits per heavy atom. The molecule has 0 aliphatic carbocycles. The van der Waals surface area contributed by atoms with Gasteiger partial charge in [0.15, 0.2) is 0 Å². The lowest BCUT2D eigenvalue weighted by Gasteiger charge is -2.33. The Kier molecular flexibility index (Phi) is 8.63. The summed E-state index contributed by atoms with van der Waals surface area (Å²) in [6.07, 6.45) is 0.859. The molecule has 2 unspecified atom stereocenters. The standard InChI is InChI=1S/C7H16N2O.2ClH/c1-9(2)6-3-4-8-5-7(6)10;;/h6-8,10H,3-5H2,1-2H3;2*1H. The summed E-state index contributed by atoms with van der Waals surface area (Å²) in [5, 5.41) is 12.6. The van der Waals surface area contributed by atoms with Gasteiger partial charge >= 0.3 is 0 Å². The van der Waals surface area contributed by atoms with E-state index in [1.165, 1.54) is 0 Å². The number of aliphatic hydroxyl groups excluding tert-OH is 1. The van der Waals surface area contributed by atoms with Crippen molar-refractivity contribution in [3.05, 3.63) is 0 Å². The molecule has 1 saturated heterocycles. The Hall–Kier alpha value is 0.460. The van der Waals surface area contributed by atoms with E-state index in [0.29, 0.717) is 6.04 Å². The average molecular weight is 217 g/mol. The summed E-state index contributed by atoms with van der Waals surface area (Å²) >= 11 is 0. The minimum Gasteiger partial charge on any atom is -0.390 e. The van der Waals surface area contributed by atoms with Crippen molar-refractivity contribution in [2.75, 3.05) is 27.2 Å². The molecular formula is C7H18Cl2N2O. The second kappa shape index (κ2) is 6.92. The van der Waals surface area contributed by atoms with Crippen molar-refractivity contribution < 1.29 is 5.11 Å². The molecule has 5 heteroatoms. The van der Waals surface area contributed by atoms with Gasteiger partial charge in [0.25, 0.3) is 0 Å². The molecule has 0 spiro atoms. The maximum atomic E-state index is 9.44. The van der Waals surface area contributed by atoms with Gasteiger partial charge in [0.2, 0.25) is 0 Å². The van der Waals surface area contributed by atoms with Crippen LogP contribution in [-0.2, 0) is 0 Å². The van der Waals surface area contributed by atoms with Gasteiger partial charge in [0.1, 0.15) is 0 Å². The molecule has 1 aliphatic heterocycles. The fourth-order valence-electron chi connectivity index (χ4n) is 1.43. The maximum absolute atomic E-state index is 9.44. The predicted octanol–water partition coefficient (Wildman–Crippen LogP) is 0.114. The molecule has 12 heavy (non-hydrogen) atoms. The Bertz CT molecular complexity index is 114. The molecule has 0 aromatic carbocycles. The van der Waals surface area contributed by atoms with Crippen LogP contribution in [0.4, 0.5) is 0 Å². The average Bonchev–Trinajstić information content (AvgIpc) is 1.88. The number of halogens is 2. The first-order chi connectivity index (χ1) is 4.72. The van der Waals surface area contributed by atoms with Gasteiger partial charge in [0.05, 0.1) is 6.10 Å². The van der Waals surface area contributed by atoms with E-state index in [1.807, 2.05) is 14.1 Å². The van der Waals surface area contributed by atoms with E-state index in [1.54, 1.807) is 0 Å². The molecule has 1 heterocycles. The van der Waals surface area contributed by atoms with Gasteiger partial charge in [-0.15, -0.1) is 24.8 Å². The first kappa shape index (κ1) is 15.0. The van der Waals surface area contributed by atoms with E-state index in [9.17, 15) is 5.11 Å². The molecule has 3 nitrogen and oxygen atoms in total. The summed E-state index contributed by atoms with van der Waals surface area (Å²) in [6.45, 7) is 1.77. The summed E-state index contributed by atoms with van der Waals surface area (Å²) in [7, 11) is 4.03. The maximum Gasteiger partial charge on any atom is 0.0819 e. The van der Waals surface area contributed by atoms with Crippen LogP contribution in [0.25, 0.3) is 0 Å². The van der Waals surface area contributed by atoms with E-state index in [-0.39, 0.29) is 30.9 Å². The number of hydrogen-bond donors (Lipinski definition) is 2. The number of piperidine rings is 1. The zero-order valence-electron chi connectivity index (χ0n) is 7.49.